The summed E-state index contributed by atoms with van der Waals surface area (Å²) >= 11 is 0. The SMILES string of the molecule is CC1CCN(S(=O)(=O)c2cc(F)ccc2CNC(C)C)C1. The third-order valence-corrected chi connectivity index (χ3v) is 5.68. The minimum atomic E-state index is -3.62. The number of rotatable bonds is 5. The maximum atomic E-state index is 13.5. The van der Waals surface area contributed by atoms with Gasteiger partial charge in [-0.15, -0.1) is 0 Å². The molecule has 1 aromatic rings. The van der Waals surface area contributed by atoms with Crippen LogP contribution in [0.1, 0.15) is 32.8 Å². The Morgan fingerprint density at radius 3 is 2.71 bits per heavy atom. The van der Waals surface area contributed by atoms with Crippen LogP contribution in [0.25, 0.3) is 0 Å². The van der Waals surface area contributed by atoms with Crippen LogP contribution in [0.15, 0.2) is 23.1 Å². The molecule has 2 rings (SSSR count). The van der Waals surface area contributed by atoms with Crippen molar-refractivity contribution in [2.24, 2.45) is 5.92 Å². The van der Waals surface area contributed by atoms with E-state index in [0.717, 1.165) is 12.5 Å². The summed E-state index contributed by atoms with van der Waals surface area (Å²) in [6.45, 7) is 7.44. The monoisotopic (exact) mass is 314 g/mol. The standard InChI is InChI=1S/C15H23FN2O2S/c1-11(2)17-9-13-4-5-14(16)8-15(13)21(19,20)18-7-6-12(3)10-18/h4-5,8,11-12,17H,6-7,9-10H2,1-3H3. The first-order valence-corrected chi connectivity index (χ1v) is 8.76. The first-order chi connectivity index (χ1) is 9.80. The van der Waals surface area contributed by atoms with Crippen molar-refractivity contribution in [1.29, 1.82) is 0 Å². The second-order valence-corrected chi connectivity index (χ2v) is 7.95. The van der Waals surface area contributed by atoms with E-state index in [-0.39, 0.29) is 10.9 Å². The van der Waals surface area contributed by atoms with Crippen LogP contribution in [0.3, 0.4) is 0 Å². The van der Waals surface area contributed by atoms with Crippen molar-refractivity contribution < 1.29 is 12.8 Å². The molecular weight excluding hydrogens is 291 g/mol. The molecule has 1 aliphatic rings. The van der Waals surface area contributed by atoms with Crippen molar-refractivity contribution in [3.63, 3.8) is 0 Å². The molecule has 1 heterocycles. The van der Waals surface area contributed by atoms with Gasteiger partial charge in [-0.3, -0.25) is 0 Å². The van der Waals surface area contributed by atoms with Gasteiger partial charge in [-0.1, -0.05) is 26.8 Å². The van der Waals surface area contributed by atoms with Gasteiger partial charge in [0.15, 0.2) is 0 Å². The summed E-state index contributed by atoms with van der Waals surface area (Å²) in [6, 6.07) is 4.23. The second-order valence-electron chi connectivity index (χ2n) is 6.04. The molecular formula is C15H23FN2O2S. The quantitative estimate of drug-likeness (QED) is 0.907. The third-order valence-electron chi connectivity index (χ3n) is 3.73. The lowest BCUT2D eigenvalue weighted by molar-refractivity contribution is 0.462. The number of hydrogen-bond acceptors (Lipinski definition) is 3. The average Bonchev–Trinajstić information content (AvgIpc) is 2.84. The fourth-order valence-corrected chi connectivity index (χ4v) is 4.29. The molecule has 118 valence electrons. The van der Waals surface area contributed by atoms with Crippen molar-refractivity contribution in [1.82, 2.24) is 9.62 Å². The first-order valence-electron chi connectivity index (χ1n) is 7.32. The Morgan fingerprint density at radius 2 is 2.14 bits per heavy atom. The van der Waals surface area contributed by atoms with Gasteiger partial charge in [-0.2, -0.15) is 4.31 Å². The van der Waals surface area contributed by atoms with E-state index in [1.807, 2.05) is 20.8 Å². The number of nitrogens with one attached hydrogen (secondary N) is 1. The summed E-state index contributed by atoms with van der Waals surface area (Å²) in [6.07, 6.45) is 0.855. The summed E-state index contributed by atoms with van der Waals surface area (Å²) < 4.78 is 40.5. The van der Waals surface area contributed by atoms with Crippen LogP contribution in [-0.4, -0.2) is 31.9 Å². The predicted molar refractivity (Wildman–Crippen MR) is 80.9 cm³/mol. The van der Waals surface area contributed by atoms with Gasteiger partial charge in [-0.05, 0) is 30.0 Å². The number of benzene rings is 1. The molecule has 0 aromatic heterocycles. The van der Waals surface area contributed by atoms with E-state index in [1.165, 1.54) is 10.4 Å². The highest BCUT2D eigenvalue weighted by atomic mass is 32.2. The van der Waals surface area contributed by atoms with Gasteiger partial charge >= 0.3 is 0 Å². The maximum Gasteiger partial charge on any atom is 0.243 e. The molecule has 1 saturated heterocycles. The highest BCUT2D eigenvalue weighted by Crippen LogP contribution is 2.26. The van der Waals surface area contributed by atoms with Gasteiger partial charge in [0.1, 0.15) is 5.82 Å². The van der Waals surface area contributed by atoms with Gasteiger partial charge in [0.05, 0.1) is 4.90 Å². The Balaban J connectivity index is 2.34. The van der Waals surface area contributed by atoms with E-state index in [0.29, 0.717) is 31.1 Å². The van der Waals surface area contributed by atoms with Crippen molar-refractivity contribution in [3.05, 3.63) is 29.6 Å². The molecule has 1 aromatic carbocycles. The van der Waals surface area contributed by atoms with E-state index in [1.54, 1.807) is 6.07 Å². The number of nitrogens with zero attached hydrogens (tertiary/aromatic N) is 1. The van der Waals surface area contributed by atoms with E-state index < -0.39 is 15.8 Å². The lowest BCUT2D eigenvalue weighted by atomic mass is 10.2. The zero-order valence-corrected chi connectivity index (χ0v) is 13.6. The molecule has 0 spiro atoms. The van der Waals surface area contributed by atoms with E-state index >= 15 is 0 Å². The molecule has 1 fully saturated rings. The maximum absolute atomic E-state index is 13.5. The van der Waals surface area contributed by atoms with E-state index in [4.69, 9.17) is 0 Å². The van der Waals surface area contributed by atoms with Gasteiger partial charge in [0.25, 0.3) is 0 Å². The van der Waals surface area contributed by atoms with Gasteiger partial charge in [0.2, 0.25) is 10.0 Å². The Hall–Kier alpha value is -0.980. The molecule has 1 N–H and O–H groups in total. The van der Waals surface area contributed by atoms with Gasteiger partial charge in [0, 0.05) is 25.7 Å². The molecule has 0 radical (unpaired) electrons. The van der Waals surface area contributed by atoms with Crippen LogP contribution >= 0.6 is 0 Å². The molecule has 1 atom stereocenters. The zero-order valence-electron chi connectivity index (χ0n) is 12.8. The summed E-state index contributed by atoms with van der Waals surface area (Å²) in [4.78, 5) is 0.0877. The molecule has 4 nitrogen and oxygen atoms in total. The van der Waals surface area contributed by atoms with Crippen molar-refractivity contribution in [2.45, 2.75) is 44.7 Å². The predicted octanol–water partition coefficient (Wildman–Crippen LogP) is 2.35. The largest absolute Gasteiger partial charge is 0.310 e. The topological polar surface area (TPSA) is 49.4 Å². The van der Waals surface area contributed by atoms with E-state index in [9.17, 15) is 12.8 Å². The molecule has 0 saturated carbocycles. The van der Waals surface area contributed by atoms with Crippen LogP contribution in [0.4, 0.5) is 4.39 Å². The van der Waals surface area contributed by atoms with Crippen LogP contribution in [0.5, 0.6) is 0 Å². The van der Waals surface area contributed by atoms with Crippen molar-refractivity contribution in [2.75, 3.05) is 13.1 Å². The minimum absolute atomic E-state index is 0.0877. The van der Waals surface area contributed by atoms with Crippen LogP contribution < -0.4 is 5.32 Å². The molecule has 0 bridgehead atoms. The summed E-state index contributed by atoms with van der Waals surface area (Å²) in [5.41, 5.74) is 0.615. The van der Waals surface area contributed by atoms with Crippen LogP contribution in [0.2, 0.25) is 0 Å². The highest BCUT2D eigenvalue weighted by Gasteiger charge is 2.32. The Bertz CT molecular complexity index is 602. The molecule has 6 heteroatoms. The third kappa shape index (κ3) is 3.81. The molecule has 1 unspecified atom stereocenters. The van der Waals surface area contributed by atoms with Crippen LogP contribution in [-0.2, 0) is 16.6 Å². The van der Waals surface area contributed by atoms with Gasteiger partial charge < -0.3 is 5.32 Å². The van der Waals surface area contributed by atoms with Crippen LogP contribution in [0, 0.1) is 11.7 Å². The number of hydrogen-bond donors (Lipinski definition) is 1. The fourth-order valence-electron chi connectivity index (χ4n) is 2.48. The normalized spacial score (nSPS) is 20.3. The molecule has 21 heavy (non-hydrogen) atoms. The Labute approximate surface area is 126 Å². The lowest BCUT2D eigenvalue weighted by Crippen LogP contribution is -2.31. The molecule has 0 aliphatic carbocycles. The molecule has 0 amide bonds. The molecule has 1 aliphatic heterocycles. The number of sulfonamides is 1. The smallest absolute Gasteiger partial charge is 0.243 e. The van der Waals surface area contributed by atoms with E-state index in [2.05, 4.69) is 5.32 Å². The van der Waals surface area contributed by atoms with Gasteiger partial charge in [-0.25, -0.2) is 12.8 Å². The summed E-state index contributed by atoms with van der Waals surface area (Å²) in [5.74, 6) is -0.167. The lowest BCUT2D eigenvalue weighted by Gasteiger charge is -2.19. The summed E-state index contributed by atoms with van der Waals surface area (Å²) in [7, 11) is -3.62. The summed E-state index contributed by atoms with van der Waals surface area (Å²) in [5, 5.41) is 3.19. The zero-order chi connectivity index (χ0) is 15.6. The Morgan fingerprint density at radius 1 is 1.43 bits per heavy atom. The fraction of sp³-hybridized carbons (Fsp3) is 0.600. The Kier molecular flexibility index (Phi) is 5.01. The highest BCUT2D eigenvalue weighted by molar-refractivity contribution is 7.89. The second kappa shape index (κ2) is 6.42. The number of halogens is 1. The minimum Gasteiger partial charge on any atom is -0.310 e. The van der Waals surface area contributed by atoms with Crippen molar-refractivity contribution in [3.8, 4) is 0 Å². The first kappa shape index (κ1) is 16.4. The van der Waals surface area contributed by atoms with Crippen molar-refractivity contribution >= 4 is 10.0 Å². The average molecular weight is 314 g/mol.